The Hall–Kier alpha value is -1.01. The van der Waals surface area contributed by atoms with Crippen molar-refractivity contribution in [3.05, 3.63) is 35.6 Å². The zero-order chi connectivity index (χ0) is 14.3. The highest BCUT2D eigenvalue weighted by Gasteiger charge is 2.23. The van der Waals surface area contributed by atoms with Crippen LogP contribution in [0.3, 0.4) is 0 Å². The van der Waals surface area contributed by atoms with Gasteiger partial charge >= 0.3 is 0 Å². The van der Waals surface area contributed by atoms with Crippen LogP contribution in [0.4, 0.5) is 4.39 Å². The Kier molecular flexibility index (Phi) is 6.94. The van der Waals surface area contributed by atoms with Gasteiger partial charge < -0.3 is 15.6 Å². The summed E-state index contributed by atoms with van der Waals surface area (Å²) >= 11 is 0. The number of halogens is 1. The van der Waals surface area contributed by atoms with Crippen molar-refractivity contribution in [3.63, 3.8) is 0 Å². The molecule has 0 aliphatic rings. The normalized spacial score (nSPS) is 14.6. The van der Waals surface area contributed by atoms with Gasteiger partial charge in [-0.3, -0.25) is 4.90 Å². The van der Waals surface area contributed by atoms with Crippen LogP contribution in [0.1, 0.15) is 18.5 Å². The summed E-state index contributed by atoms with van der Waals surface area (Å²) in [5, 5.41) is 9.17. The number of aliphatic hydroxyl groups excluding tert-OH is 1. The molecule has 19 heavy (non-hydrogen) atoms. The van der Waals surface area contributed by atoms with Crippen LogP contribution in [0.25, 0.3) is 0 Å². The fraction of sp³-hybridized carbons (Fsp3) is 0.571. The van der Waals surface area contributed by atoms with E-state index in [0.29, 0.717) is 19.7 Å². The van der Waals surface area contributed by atoms with Gasteiger partial charge in [-0.25, -0.2) is 4.39 Å². The van der Waals surface area contributed by atoms with Crippen molar-refractivity contribution in [3.8, 4) is 0 Å². The predicted molar refractivity (Wildman–Crippen MR) is 73.3 cm³/mol. The van der Waals surface area contributed by atoms with Crippen LogP contribution in [0.5, 0.6) is 0 Å². The number of hydrogen-bond acceptors (Lipinski definition) is 4. The molecule has 1 rings (SSSR count). The molecule has 0 amide bonds. The van der Waals surface area contributed by atoms with Crippen LogP contribution in [-0.4, -0.2) is 49.5 Å². The van der Waals surface area contributed by atoms with E-state index in [2.05, 4.69) is 0 Å². The molecule has 0 bridgehead atoms. The lowest BCUT2D eigenvalue weighted by Gasteiger charge is -2.34. The maximum Gasteiger partial charge on any atom is 0.123 e. The Labute approximate surface area is 114 Å². The highest BCUT2D eigenvalue weighted by Crippen LogP contribution is 2.23. The summed E-state index contributed by atoms with van der Waals surface area (Å²) in [6, 6.07) is 6.11. The first-order valence-corrected chi connectivity index (χ1v) is 6.45. The standard InChI is InChI=1S/C14H23FN2O2/c1-11(16)14(12-4-3-5-13(15)10-12)17(6-8-18)7-9-19-2/h3-5,10-11,14,18H,6-9,16H2,1-2H3. The van der Waals surface area contributed by atoms with Crippen molar-refractivity contribution < 1.29 is 14.2 Å². The van der Waals surface area contributed by atoms with Crippen molar-refractivity contribution >= 4 is 0 Å². The number of aliphatic hydroxyl groups is 1. The second kappa shape index (κ2) is 8.22. The molecule has 0 aliphatic carbocycles. The predicted octanol–water partition coefficient (Wildman–Crippen LogP) is 1.15. The summed E-state index contributed by atoms with van der Waals surface area (Å²) in [6.07, 6.45) is 0. The van der Waals surface area contributed by atoms with Crippen LogP contribution in [0.2, 0.25) is 0 Å². The van der Waals surface area contributed by atoms with Gasteiger partial charge in [-0.1, -0.05) is 12.1 Å². The van der Waals surface area contributed by atoms with Gasteiger partial charge in [0.1, 0.15) is 5.82 Å². The van der Waals surface area contributed by atoms with Gasteiger partial charge in [-0.15, -0.1) is 0 Å². The third kappa shape index (κ3) is 4.87. The number of ether oxygens (including phenoxy) is 1. The summed E-state index contributed by atoms with van der Waals surface area (Å²) in [7, 11) is 1.63. The van der Waals surface area contributed by atoms with E-state index in [1.165, 1.54) is 12.1 Å². The maximum atomic E-state index is 13.4. The number of methoxy groups -OCH3 is 1. The molecule has 0 spiro atoms. The van der Waals surface area contributed by atoms with Crippen LogP contribution < -0.4 is 5.73 Å². The third-order valence-electron chi connectivity index (χ3n) is 3.05. The van der Waals surface area contributed by atoms with E-state index in [4.69, 9.17) is 10.5 Å². The number of rotatable bonds is 8. The molecule has 0 aromatic heterocycles. The largest absolute Gasteiger partial charge is 0.395 e. The summed E-state index contributed by atoms with van der Waals surface area (Å²) in [6.45, 7) is 3.57. The highest BCUT2D eigenvalue weighted by atomic mass is 19.1. The Morgan fingerprint density at radius 1 is 1.42 bits per heavy atom. The molecule has 108 valence electrons. The molecule has 0 radical (unpaired) electrons. The molecule has 5 heteroatoms. The molecule has 2 atom stereocenters. The Morgan fingerprint density at radius 3 is 2.68 bits per heavy atom. The zero-order valence-corrected chi connectivity index (χ0v) is 11.6. The topological polar surface area (TPSA) is 58.7 Å². The quantitative estimate of drug-likeness (QED) is 0.744. The van der Waals surface area contributed by atoms with E-state index >= 15 is 0 Å². The Morgan fingerprint density at radius 2 is 2.16 bits per heavy atom. The monoisotopic (exact) mass is 270 g/mol. The molecule has 0 heterocycles. The summed E-state index contributed by atoms with van der Waals surface area (Å²) in [5.74, 6) is -0.279. The smallest absolute Gasteiger partial charge is 0.123 e. The molecule has 3 N–H and O–H groups in total. The van der Waals surface area contributed by atoms with Gasteiger partial charge in [0.15, 0.2) is 0 Å². The van der Waals surface area contributed by atoms with Crippen molar-refractivity contribution in [2.45, 2.75) is 19.0 Å². The molecule has 1 aromatic rings. The van der Waals surface area contributed by atoms with Gasteiger partial charge in [-0.2, -0.15) is 0 Å². The van der Waals surface area contributed by atoms with Crippen molar-refractivity contribution in [2.24, 2.45) is 5.73 Å². The third-order valence-corrected chi connectivity index (χ3v) is 3.05. The molecule has 4 nitrogen and oxygen atoms in total. The van der Waals surface area contributed by atoms with Gasteiger partial charge in [-0.05, 0) is 24.6 Å². The lowest BCUT2D eigenvalue weighted by atomic mass is 9.99. The van der Waals surface area contributed by atoms with Gasteiger partial charge in [0.25, 0.3) is 0 Å². The van der Waals surface area contributed by atoms with Crippen LogP contribution in [0.15, 0.2) is 24.3 Å². The summed E-state index contributed by atoms with van der Waals surface area (Å²) < 4.78 is 18.4. The second-order valence-corrected chi connectivity index (χ2v) is 4.61. The molecule has 1 aromatic carbocycles. The number of nitrogens with two attached hydrogens (primary N) is 1. The number of benzene rings is 1. The van der Waals surface area contributed by atoms with E-state index in [1.54, 1.807) is 13.2 Å². The second-order valence-electron chi connectivity index (χ2n) is 4.61. The summed E-state index contributed by atoms with van der Waals surface area (Å²) in [4.78, 5) is 2.02. The number of hydrogen-bond donors (Lipinski definition) is 2. The Bertz CT molecular complexity index is 374. The van der Waals surface area contributed by atoms with E-state index in [0.717, 1.165) is 5.56 Å². The summed E-state index contributed by atoms with van der Waals surface area (Å²) in [5.41, 5.74) is 6.85. The van der Waals surface area contributed by atoms with E-state index in [-0.39, 0.29) is 24.5 Å². The SMILES string of the molecule is COCCN(CCO)C(c1cccc(F)c1)C(C)N. The highest BCUT2D eigenvalue weighted by molar-refractivity contribution is 5.21. The van der Waals surface area contributed by atoms with Crippen LogP contribution in [0, 0.1) is 5.82 Å². The fourth-order valence-electron chi connectivity index (χ4n) is 2.26. The first kappa shape index (κ1) is 16.0. The van der Waals surface area contributed by atoms with E-state index < -0.39 is 0 Å². The molecule has 0 saturated carbocycles. The lowest BCUT2D eigenvalue weighted by Crippen LogP contribution is -2.42. The Balaban J connectivity index is 2.95. The van der Waals surface area contributed by atoms with Gasteiger partial charge in [0.2, 0.25) is 0 Å². The molecule has 0 aliphatic heterocycles. The average Bonchev–Trinajstić information content (AvgIpc) is 2.36. The molecule has 2 unspecified atom stereocenters. The van der Waals surface area contributed by atoms with Gasteiger partial charge in [0, 0.05) is 32.3 Å². The molecular weight excluding hydrogens is 247 g/mol. The minimum absolute atomic E-state index is 0.0300. The van der Waals surface area contributed by atoms with E-state index in [1.807, 2.05) is 17.9 Å². The lowest BCUT2D eigenvalue weighted by molar-refractivity contribution is 0.0927. The zero-order valence-electron chi connectivity index (χ0n) is 11.6. The van der Waals surface area contributed by atoms with Crippen molar-refractivity contribution in [2.75, 3.05) is 33.4 Å². The van der Waals surface area contributed by atoms with Crippen molar-refractivity contribution in [1.82, 2.24) is 4.90 Å². The minimum Gasteiger partial charge on any atom is -0.395 e. The number of nitrogens with zero attached hydrogens (tertiary/aromatic N) is 1. The van der Waals surface area contributed by atoms with Gasteiger partial charge in [0.05, 0.1) is 13.2 Å². The first-order chi connectivity index (χ1) is 9.10. The van der Waals surface area contributed by atoms with E-state index in [9.17, 15) is 9.50 Å². The minimum atomic E-state index is -0.279. The first-order valence-electron chi connectivity index (χ1n) is 6.45. The van der Waals surface area contributed by atoms with Crippen molar-refractivity contribution in [1.29, 1.82) is 0 Å². The molecule has 0 fully saturated rings. The van der Waals surface area contributed by atoms with Crippen LogP contribution >= 0.6 is 0 Å². The maximum absolute atomic E-state index is 13.4. The molecular formula is C14H23FN2O2. The fourth-order valence-corrected chi connectivity index (χ4v) is 2.26. The molecule has 0 saturated heterocycles. The average molecular weight is 270 g/mol. The van der Waals surface area contributed by atoms with Crippen LogP contribution in [-0.2, 0) is 4.74 Å².